The second-order valence-corrected chi connectivity index (χ2v) is 10.0. The van der Waals surface area contributed by atoms with Crippen LogP contribution in [0.1, 0.15) is 25.3 Å². The van der Waals surface area contributed by atoms with Gasteiger partial charge in [0.05, 0.1) is 15.9 Å². The summed E-state index contributed by atoms with van der Waals surface area (Å²) < 4.78 is 30.6. The maximum Gasteiger partial charge on any atom is 0.316 e. The van der Waals surface area contributed by atoms with Gasteiger partial charge in [-0.1, -0.05) is 25.1 Å². The van der Waals surface area contributed by atoms with E-state index < -0.39 is 27.2 Å². The van der Waals surface area contributed by atoms with E-state index in [4.69, 9.17) is 0 Å². The number of aryl methyl sites for hydroxylation is 3. The zero-order valence-electron chi connectivity index (χ0n) is 18.7. The van der Waals surface area contributed by atoms with Crippen LogP contribution in [0.3, 0.4) is 0 Å². The summed E-state index contributed by atoms with van der Waals surface area (Å²) in [4.78, 5) is 37.3. The zero-order chi connectivity index (χ0) is 23.9. The molecule has 1 saturated heterocycles. The highest BCUT2D eigenvalue weighted by Crippen LogP contribution is 2.29. The molecule has 3 aromatic rings. The molecule has 1 atom stereocenters. The van der Waals surface area contributed by atoms with Crippen molar-refractivity contribution in [2.45, 2.75) is 37.1 Å². The number of hydrogen-bond donors (Lipinski definition) is 1. The smallest absolute Gasteiger partial charge is 0.316 e. The lowest BCUT2D eigenvalue weighted by Crippen LogP contribution is -2.43. The van der Waals surface area contributed by atoms with Crippen molar-refractivity contribution in [3.8, 4) is 0 Å². The Morgan fingerprint density at radius 3 is 2.39 bits per heavy atom. The molecule has 1 amide bonds. The van der Waals surface area contributed by atoms with E-state index in [9.17, 15) is 22.8 Å². The van der Waals surface area contributed by atoms with Crippen molar-refractivity contribution in [2.75, 3.05) is 11.9 Å². The van der Waals surface area contributed by atoms with Gasteiger partial charge in [-0.15, -0.1) is 0 Å². The Hall–Kier alpha value is -3.24. The van der Waals surface area contributed by atoms with Crippen molar-refractivity contribution in [1.82, 2.24) is 13.4 Å². The molecule has 1 N–H and O–H groups in total. The van der Waals surface area contributed by atoms with Gasteiger partial charge in [0.15, 0.2) is 0 Å². The van der Waals surface area contributed by atoms with Crippen LogP contribution < -0.4 is 16.4 Å². The topological polar surface area (TPSA) is 110 Å². The Bertz CT molecular complexity index is 1470. The van der Waals surface area contributed by atoms with Crippen LogP contribution in [0.2, 0.25) is 0 Å². The molecule has 0 radical (unpaired) electrons. The normalized spacial score (nSPS) is 16.9. The number of aromatic nitrogens is 2. The molecule has 0 spiro atoms. The molecule has 174 valence electrons. The van der Waals surface area contributed by atoms with Crippen LogP contribution in [0.5, 0.6) is 0 Å². The van der Waals surface area contributed by atoms with Gasteiger partial charge in [0.2, 0.25) is 15.9 Å². The number of carbonyl (C=O) groups is 1. The van der Waals surface area contributed by atoms with E-state index in [0.717, 1.165) is 16.6 Å². The van der Waals surface area contributed by atoms with E-state index in [1.165, 1.54) is 41.2 Å². The maximum absolute atomic E-state index is 13.5. The van der Waals surface area contributed by atoms with Gasteiger partial charge in [-0.2, -0.15) is 4.31 Å². The first-order valence-corrected chi connectivity index (χ1v) is 12.2. The lowest BCUT2D eigenvalue weighted by Gasteiger charge is -2.24. The SMILES string of the molecule is CCc1ccccc1NC(=O)[C@H]1CCCN1S(=O)(=O)c1ccc2c(c1)n(C)c(=O)c(=O)n2C. The summed E-state index contributed by atoms with van der Waals surface area (Å²) in [7, 11) is -1.12. The van der Waals surface area contributed by atoms with Crippen molar-refractivity contribution < 1.29 is 13.2 Å². The molecule has 0 unspecified atom stereocenters. The Kier molecular flexibility index (Phi) is 5.98. The number of nitrogens with one attached hydrogen (secondary N) is 1. The second kappa shape index (κ2) is 8.60. The van der Waals surface area contributed by atoms with Crippen LogP contribution in [-0.4, -0.2) is 40.4 Å². The van der Waals surface area contributed by atoms with Crippen molar-refractivity contribution in [2.24, 2.45) is 14.1 Å². The summed E-state index contributed by atoms with van der Waals surface area (Å²) in [5.74, 6) is -0.368. The molecule has 1 aliphatic rings. The third-order valence-electron chi connectivity index (χ3n) is 6.23. The molecular formula is C23H26N4O5S. The summed E-state index contributed by atoms with van der Waals surface area (Å²) in [5, 5.41) is 2.89. The average Bonchev–Trinajstić information content (AvgIpc) is 3.32. The van der Waals surface area contributed by atoms with Crippen LogP contribution in [0, 0.1) is 0 Å². The fourth-order valence-electron chi connectivity index (χ4n) is 4.31. The minimum atomic E-state index is -4.02. The summed E-state index contributed by atoms with van der Waals surface area (Å²) in [6, 6.07) is 10.9. The fourth-order valence-corrected chi connectivity index (χ4v) is 5.99. The van der Waals surface area contributed by atoms with Gasteiger partial charge in [0, 0.05) is 26.3 Å². The number of sulfonamides is 1. The Labute approximate surface area is 191 Å². The Balaban J connectivity index is 1.70. The van der Waals surface area contributed by atoms with E-state index >= 15 is 0 Å². The summed E-state index contributed by atoms with van der Waals surface area (Å²) in [5.41, 5.74) is 0.972. The molecule has 0 bridgehead atoms. The highest BCUT2D eigenvalue weighted by molar-refractivity contribution is 7.89. The molecule has 0 saturated carbocycles. The third-order valence-corrected chi connectivity index (χ3v) is 8.14. The van der Waals surface area contributed by atoms with Crippen LogP contribution >= 0.6 is 0 Å². The molecule has 0 aliphatic carbocycles. The number of rotatable bonds is 5. The molecule has 4 rings (SSSR count). The minimum absolute atomic E-state index is 0.0303. The highest BCUT2D eigenvalue weighted by Gasteiger charge is 2.39. The summed E-state index contributed by atoms with van der Waals surface area (Å²) in [6.07, 6.45) is 1.72. The van der Waals surface area contributed by atoms with Crippen LogP contribution in [0.15, 0.2) is 56.9 Å². The van der Waals surface area contributed by atoms with Gasteiger partial charge in [-0.25, -0.2) is 8.42 Å². The molecule has 2 aromatic carbocycles. The second-order valence-electron chi connectivity index (χ2n) is 8.15. The number of amides is 1. The molecule has 2 heterocycles. The Morgan fingerprint density at radius 2 is 1.70 bits per heavy atom. The van der Waals surface area contributed by atoms with Gasteiger partial charge in [0.1, 0.15) is 6.04 Å². The van der Waals surface area contributed by atoms with E-state index in [2.05, 4.69) is 5.32 Å². The standard InChI is InChI=1S/C23H26N4O5S/c1-4-15-8-5-6-9-17(15)24-21(28)19-10-7-13-27(19)33(31,32)16-11-12-18-20(14-16)26(3)23(30)22(29)25(18)2/h5-6,8-9,11-12,14,19H,4,7,10,13H2,1-3H3,(H,24,28)/t19-/m1/s1. The van der Waals surface area contributed by atoms with Gasteiger partial charge in [-0.05, 0) is 49.1 Å². The molecule has 10 heteroatoms. The Morgan fingerprint density at radius 1 is 1.03 bits per heavy atom. The molecular weight excluding hydrogens is 444 g/mol. The highest BCUT2D eigenvalue weighted by atomic mass is 32.2. The first-order valence-electron chi connectivity index (χ1n) is 10.8. The number of carbonyl (C=O) groups excluding carboxylic acids is 1. The number of anilines is 1. The largest absolute Gasteiger partial charge is 0.324 e. The lowest BCUT2D eigenvalue weighted by molar-refractivity contribution is -0.119. The van der Waals surface area contributed by atoms with Gasteiger partial charge in [-0.3, -0.25) is 14.4 Å². The van der Waals surface area contributed by atoms with Crippen molar-refractivity contribution in [1.29, 1.82) is 0 Å². The predicted octanol–water partition coefficient (Wildman–Crippen LogP) is 1.59. The number of fused-ring (bicyclic) bond motifs is 1. The van der Waals surface area contributed by atoms with Crippen LogP contribution in [0.4, 0.5) is 5.69 Å². The third kappa shape index (κ3) is 3.89. The van der Waals surface area contributed by atoms with Crippen molar-refractivity contribution in [3.63, 3.8) is 0 Å². The van der Waals surface area contributed by atoms with E-state index in [-0.39, 0.29) is 17.3 Å². The number of benzene rings is 2. The van der Waals surface area contributed by atoms with Gasteiger partial charge in [0.25, 0.3) is 0 Å². The van der Waals surface area contributed by atoms with Crippen LogP contribution in [0.25, 0.3) is 11.0 Å². The maximum atomic E-state index is 13.5. The van der Waals surface area contributed by atoms with Crippen molar-refractivity contribution in [3.05, 3.63) is 68.7 Å². The monoisotopic (exact) mass is 470 g/mol. The predicted molar refractivity (Wildman–Crippen MR) is 126 cm³/mol. The summed E-state index contributed by atoms with van der Waals surface area (Å²) in [6.45, 7) is 2.21. The number of nitrogens with zero attached hydrogens (tertiary/aromatic N) is 3. The van der Waals surface area contributed by atoms with E-state index in [1.54, 1.807) is 6.07 Å². The molecule has 9 nitrogen and oxygen atoms in total. The number of para-hydroxylation sites is 1. The summed E-state index contributed by atoms with van der Waals surface area (Å²) >= 11 is 0. The first kappa shape index (κ1) is 22.9. The van der Waals surface area contributed by atoms with E-state index in [1.807, 2.05) is 25.1 Å². The average molecular weight is 471 g/mol. The van der Waals surface area contributed by atoms with Gasteiger partial charge < -0.3 is 14.5 Å². The zero-order valence-corrected chi connectivity index (χ0v) is 19.6. The van der Waals surface area contributed by atoms with Gasteiger partial charge >= 0.3 is 11.1 Å². The number of hydrogen-bond acceptors (Lipinski definition) is 5. The first-order chi connectivity index (χ1) is 15.7. The molecule has 1 aliphatic heterocycles. The quantitative estimate of drug-likeness (QED) is 0.570. The van der Waals surface area contributed by atoms with E-state index in [0.29, 0.717) is 29.6 Å². The van der Waals surface area contributed by atoms with Crippen molar-refractivity contribution >= 4 is 32.7 Å². The fraction of sp³-hybridized carbons (Fsp3) is 0.348. The minimum Gasteiger partial charge on any atom is -0.324 e. The lowest BCUT2D eigenvalue weighted by atomic mass is 10.1. The molecule has 33 heavy (non-hydrogen) atoms. The molecule has 1 aromatic heterocycles. The van der Waals surface area contributed by atoms with Crippen LogP contribution in [-0.2, 0) is 35.3 Å². The molecule has 1 fully saturated rings.